The van der Waals surface area contributed by atoms with Gasteiger partial charge in [0.15, 0.2) is 71.3 Å². The lowest BCUT2D eigenvalue weighted by molar-refractivity contribution is -0.175. The van der Waals surface area contributed by atoms with E-state index in [0.29, 0.717) is 33.7 Å². The molecule has 0 bridgehead atoms. The summed E-state index contributed by atoms with van der Waals surface area (Å²) in [6.45, 7) is 24.0. The number of alkyl halides is 8. The van der Waals surface area contributed by atoms with Crippen molar-refractivity contribution < 1.29 is 170 Å². The summed E-state index contributed by atoms with van der Waals surface area (Å²) in [6.07, 6.45) is -13.3. The van der Waals surface area contributed by atoms with Crippen LogP contribution in [0.3, 0.4) is 0 Å². The quantitative estimate of drug-likeness (QED) is 0.0195. The Kier molecular flexibility index (Phi) is 40.4. The number of cyclic esters (lactones) is 2. The zero-order chi connectivity index (χ0) is 99.4. The number of aldehydes is 1. The summed E-state index contributed by atoms with van der Waals surface area (Å²) in [7, 11) is 0. The SMILES string of the molecule is CC(F)C(=O)N1CCCC1.CC(F)C(=O)Sc1ccccc1.CC(F)C(=O)n1c(=O)oc2ccccc21.CC1(C)OC[C@H](C=O)O1.CC1(C)OC[C@H]([C@@H](O)C(C)(F)C(=O)N2CCCC2)O1.CC1(C)OC[C@H]([C@@H](O)C(C)(F)C(=O)Sc2ccccc2)O1.CC1(C)OC[C@H]([C@@H](O)C(C)(F)C(=O)n2c(=O)oc3ccccc32)O1.C[C@@]1(F)C(=O)O[C@H](CO)[C@H]1O.C[C@]1(F)C(=O)O[C@H](CO)[C@H]1O. The van der Waals surface area contributed by atoms with Gasteiger partial charge in [-0.3, -0.25) is 28.8 Å². The van der Waals surface area contributed by atoms with Gasteiger partial charge in [0.05, 0.1) is 50.7 Å². The molecule has 6 unspecified atom stereocenters. The van der Waals surface area contributed by atoms with Crippen LogP contribution in [0.1, 0.15) is 146 Å². The van der Waals surface area contributed by atoms with Crippen molar-refractivity contribution in [2.45, 2.75) is 283 Å². The Morgan fingerprint density at radius 3 is 1.11 bits per heavy atom. The Morgan fingerprint density at radius 2 is 0.795 bits per heavy atom. The number of aliphatic hydroxyl groups excluding tert-OH is 7. The standard InChI is InChI=1S/C16H18FNO6.C15H19FO4S.C13H22FNO4.C10H8FNO3.C9H9FOS.C7H12FNO.2C6H9FO4.C6H10O3/c1-15(2)22-8-11(24-15)12(19)16(3,17)13(20)18-9-6-4-5-7-10(9)23-14(18)21;1-14(2)19-9-11(20-14)12(17)15(3,16)13(18)21-10-7-5-4-6-8-10;1-12(2)18-8-9(19-12)10(16)13(3,14)11(17)15-6-4-5-7-15;1-6(11)9(13)12-7-4-2-3-5-8(7)15-10(12)14;1-7(10)9(11)12-8-5-3-2-4-6-8;1-6(8)7(10)9-4-2-3-5-9;2*1-6(7)4(9)3(2-8)11-5(6)10;1-6(2)8-4-5(3-7)9-6/h4-7,11-12,19H,8H2,1-3H3;4-8,11-12,17H,9H2,1-3H3;9-10,16H,4-8H2,1-3H3;2-6H,1H3;2-7H,1H3;6H,2-5H2,1H3;2*3-4,8-9H,2H2,1H3;3,5H,4H2,1-2H3/t11-,12-,16?;11-,12-,15?;9-,10-,13?;;;;3-,4-,6+;3-,4-,6-;5-/m111...110/s1. The minimum Gasteiger partial charge on any atom is -0.455 e. The molecule has 8 aliphatic rings. The van der Waals surface area contributed by atoms with Crippen LogP contribution in [0, 0.1) is 0 Å². The van der Waals surface area contributed by atoms with E-state index >= 15 is 4.39 Å². The molecule has 2 amide bonds. The number of esters is 2. The van der Waals surface area contributed by atoms with Crippen molar-refractivity contribution in [1.82, 2.24) is 18.9 Å². The van der Waals surface area contributed by atoms with E-state index in [1.165, 1.54) is 36.9 Å². The molecule has 4 aromatic carbocycles. The molecule has 19 atom stereocenters. The maximum atomic E-state index is 15.1. The van der Waals surface area contributed by atoms with E-state index in [1.54, 1.807) is 127 Å². The van der Waals surface area contributed by atoms with Gasteiger partial charge in [-0.15, -0.1) is 0 Å². The highest BCUT2D eigenvalue weighted by Crippen LogP contribution is 2.38. The van der Waals surface area contributed by atoms with Crippen molar-refractivity contribution in [3.63, 3.8) is 0 Å². The van der Waals surface area contributed by atoms with Crippen LogP contribution in [0.25, 0.3) is 22.2 Å². The van der Waals surface area contributed by atoms with Gasteiger partial charge in [0.2, 0.25) is 38.6 Å². The Bertz CT molecular complexity index is 4900. The number of likely N-dealkylation sites (tertiary alicyclic amines) is 2. The fourth-order valence-electron chi connectivity index (χ4n) is 13.2. The van der Waals surface area contributed by atoms with Crippen LogP contribution in [0.15, 0.2) is 137 Å². The molecule has 8 aliphatic heterocycles. The van der Waals surface area contributed by atoms with Gasteiger partial charge in [0.25, 0.3) is 23.6 Å². The minimum atomic E-state index is -2.77. The number of halogens is 8. The number of aliphatic hydroxyl groups is 7. The zero-order valence-corrected chi connectivity index (χ0v) is 77.2. The molecule has 736 valence electrons. The second-order valence-electron chi connectivity index (χ2n) is 33.8. The van der Waals surface area contributed by atoms with Gasteiger partial charge in [-0.05, 0) is 209 Å². The lowest BCUT2D eigenvalue weighted by Gasteiger charge is -2.32. The Balaban J connectivity index is 0.000000233. The van der Waals surface area contributed by atoms with Gasteiger partial charge in [-0.25, -0.2) is 63.4 Å². The van der Waals surface area contributed by atoms with Crippen molar-refractivity contribution in [3.05, 3.63) is 130 Å². The molecule has 10 heterocycles. The molecule has 2 aromatic heterocycles. The number of oxazole rings is 2. The van der Waals surface area contributed by atoms with Gasteiger partial charge < -0.3 is 107 Å². The largest absolute Gasteiger partial charge is 0.455 e. The van der Waals surface area contributed by atoms with Crippen molar-refractivity contribution in [1.29, 1.82) is 0 Å². The Hall–Kier alpha value is -8.81. The Morgan fingerprint density at radius 1 is 0.462 bits per heavy atom. The molecule has 14 rings (SSSR count). The molecule has 8 fully saturated rings. The predicted molar refractivity (Wildman–Crippen MR) is 457 cm³/mol. The van der Waals surface area contributed by atoms with E-state index < -0.39 is 196 Å². The van der Waals surface area contributed by atoms with Crippen LogP contribution in [-0.4, -0.2) is 310 Å². The minimum absolute atomic E-state index is 0.0525. The molecule has 7 N–H and O–H groups in total. The number of para-hydroxylation sites is 4. The third-order valence-corrected chi connectivity index (χ3v) is 23.0. The first kappa shape index (κ1) is 112. The van der Waals surface area contributed by atoms with Crippen LogP contribution in [0.4, 0.5) is 35.1 Å². The third kappa shape index (κ3) is 30.1. The highest BCUT2D eigenvalue weighted by molar-refractivity contribution is 8.14. The average Bonchev–Trinajstić information content (AvgIpc) is 1.59. The number of fused-ring (bicyclic) bond motifs is 2. The highest BCUT2D eigenvalue weighted by atomic mass is 32.2. The summed E-state index contributed by atoms with van der Waals surface area (Å²) < 4.78 is 170. The third-order valence-electron chi connectivity index (χ3n) is 20.8. The molecule has 0 aliphatic carbocycles. The molecule has 34 nitrogen and oxygen atoms in total. The van der Waals surface area contributed by atoms with Crippen LogP contribution in [0.5, 0.6) is 0 Å². The zero-order valence-electron chi connectivity index (χ0n) is 75.6. The number of benzene rings is 4. The number of carbonyl (C=O) groups excluding carboxylic acids is 9. The number of ether oxygens (including phenoxy) is 10. The van der Waals surface area contributed by atoms with Crippen molar-refractivity contribution in [3.8, 4) is 0 Å². The summed E-state index contributed by atoms with van der Waals surface area (Å²) >= 11 is 1.71. The lowest BCUT2D eigenvalue weighted by Crippen LogP contribution is -2.55. The second-order valence-corrected chi connectivity index (χ2v) is 35.9. The fourth-order valence-corrected chi connectivity index (χ4v) is 14.7. The number of hydrogen-bond donors (Lipinski definition) is 7. The number of thioether (sulfide) groups is 2. The number of aromatic nitrogens is 2. The molecule has 8 saturated heterocycles. The van der Waals surface area contributed by atoms with E-state index in [-0.39, 0.29) is 54.0 Å². The molecular formula is C88H116F8N4O30S2. The van der Waals surface area contributed by atoms with Gasteiger partial charge in [-0.2, -0.15) is 0 Å². The van der Waals surface area contributed by atoms with Gasteiger partial charge >= 0.3 is 23.5 Å². The van der Waals surface area contributed by atoms with Crippen LogP contribution >= 0.6 is 23.5 Å². The predicted octanol–water partition coefficient (Wildman–Crippen LogP) is 8.42. The van der Waals surface area contributed by atoms with Crippen molar-refractivity contribution in [2.24, 2.45) is 0 Å². The summed E-state index contributed by atoms with van der Waals surface area (Å²) in [5, 5.41) is 64.3. The van der Waals surface area contributed by atoms with Crippen LogP contribution in [-0.2, 0) is 80.9 Å². The highest BCUT2D eigenvalue weighted by Gasteiger charge is 2.57. The van der Waals surface area contributed by atoms with Gasteiger partial charge in [-0.1, -0.05) is 60.7 Å². The van der Waals surface area contributed by atoms with E-state index in [2.05, 4.69) is 9.47 Å². The molecule has 0 radical (unpaired) electrons. The summed E-state index contributed by atoms with van der Waals surface area (Å²) in [6, 6.07) is 30.3. The van der Waals surface area contributed by atoms with E-state index in [0.717, 1.165) is 115 Å². The number of carbonyl (C=O) groups is 9. The summed E-state index contributed by atoms with van der Waals surface area (Å²) in [5.41, 5.74) is -11.5. The molecule has 6 aromatic rings. The number of amides is 2. The van der Waals surface area contributed by atoms with Crippen molar-refractivity contribution in [2.75, 3.05) is 65.8 Å². The Labute approximate surface area is 763 Å². The summed E-state index contributed by atoms with van der Waals surface area (Å²) in [5.74, 6) is -10.5. The van der Waals surface area contributed by atoms with Crippen molar-refractivity contribution >= 4 is 97.8 Å². The molecule has 132 heavy (non-hydrogen) atoms. The fraction of sp³-hybridized carbons (Fsp3) is 0.602. The molecule has 0 saturated carbocycles. The number of nitrogens with zero attached hydrogens (tertiary/aromatic N) is 4. The van der Waals surface area contributed by atoms with Crippen LogP contribution in [0.2, 0.25) is 0 Å². The molecular weight excluding hydrogens is 1810 g/mol. The monoisotopic (exact) mass is 1920 g/mol. The molecule has 44 heteroatoms. The number of hydrogen-bond acceptors (Lipinski definition) is 32. The maximum absolute atomic E-state index is 15.1. The maximum Gasteiger partial charge on any atom is 0.426 e. The van der Waals surface area contributed by atoms with Gasteiger partial charge in [0.1, 0.15) is 54.9 Å². The lowest BCUT2D eigenvalue weighted by atomic mass is 9.95. The smallest absolute Gasteiger partial charge is 0.426 e. The van der Waals surface area contributed by atoms with E-state index in [9.17, 15) is 98.8 Å². The van der Waals surface area contributed by atoms with Gasteiger partial charge in [0, 0.05) is 36.0 Å². The normalized spacial score (nSPS) is 26.7. The molecule has 0 spiro atoms. The number of rotatable bonds is 17. The van der Waals surface area contributed by atoms with E-state index in [4.69, 9.17) is 67.2 Å². The summed E-state index contributed by atoms with van der Waals surface area (Å²) in [4.78, 5) is 129. The first-order valence-electron chi connectivity index (χ1n) is 41.8. The van der Waals surface area contributed by atoms with Crippen LogP contribution < -0.4 is 11.5 Å². The average molecular weight is 1930 g/mol. The topological polar surface area (TPSA) is 464 Å². The second kappa shape index (κ2) is 47.6. The first-order valence-corrected chi connectivity index (χ1v) is 43.4. The first-order chi connectivity index (χ1) is 61.2. The van der Waals surface area contributed by atoms with E-state index in [1.807, 2.05) is 24.3 Å².